The first-order chi connectivity index (χ1) is 10.8. The van der Waals surface area contributed by atoms with E-state index in [1.54, 1.807) is 0 Å². The second-order valence-electron chi connectivity index (χ2n) is 4.59. The van der Waals surface area contributed by atoms with Gasteiger partial charge in [-0.05, 0) is 42.0 Å². The number of hydrogen-bond donors (Lipinski definition) is 3. The molecule has 23 heavy (non-hydrogen) atoms. The highest BCUT2D eigenvalue weighted by molar-refractivity contribution is 7.52. The number of anilines is 1. The average molecular weight is 347 g/mol. The van der Waals surface area contributed by atoms with E-state index in [-0.39, 0.29) is 11.3 Å². The van der Waals surface area contributed by atoms with Gasteiger partial charge in [0, 0.05) is 5.69 Å². The minimum Gasteiger partial charge on any atom is -0.435 e. The van der Waals surface area contributed by atoms with Crippen LogP contribution in [0.3, 0.4) is 0 Å². The first kappa shape index (κ1) is 17.3. The molecule has 2 aromatic carbocycles. The Morgan fingerprint density at radius 3 is 2.04 bits per heavy atom. The molecule has 0 bridgehead atoms. The van der Waals surface area contributed by atoms with E-state index in [2.05, 4.69) is 10.1 Å². The summed E-state index contributed by atoms with van der Waals surface area (Å²) in [5, 5.41) is 2.60. The first-order valence-corrected chi connectivity index (χ1v) is 8.06. The Kier molecular flexibility index (Phi) is 5.30. The Labute approximate surface area is 129 Å². The standard InChI is InChI=1S/C14H13F3NO4P/c15-10-3-5-11(6-4-10)18-13(23(19,20)21)9-1-7-12(8-2-9)22-14(16)17/h1-8,13-14,18H,(H2,19,20,21)/t13-/m0/s1. The third-order valence-electron chi connectivity index (χ3n) is 2.90. The molecule has 1 atom stereocenters. The maximum Gasteiger partial charge on any atom is 0.387 e. The minimum absolute atomic E-state index is 0.130. The average Bonchev–Trinajstić information content (AvgIpc) is 2.46. The van der Waals surface area contributed by atoms with E-state index in [0.29, 0.717) is 5.69 Å². The maximum atomic E-state index is 12.9. The number of nitrogens with one attached hydrogen (secondary N) is 1. The van der Waals surface area contributed by atoms with Crippen molar-refractivity contribution in [2.24, 2.45) is 0 Å². The molecule has 0 saturated heterocycles. The Balaban J connectivity index is 2.25. The Hall–Kier alpha value is -2.02. The summed E-state index contributed by atoms with van der Waals surface area (Å²) in [5.74, 6) is -2.03. The highest BCUT2D eigenvalue weighted by Gasteiger charge is 2.30. The van der Waals surface area contributed by atoms with E-state index in [1.165, 1.54) is 36.4 Å². The van der Waals surface area contributed by atoms with Crippen molar-refractivity contribution in [3.8, 4) is 5.75 Å². The molecule has 0 fully saturated rings. The molecule has 0 aliphatic carbocycles. The molecule has 0 unspecified atom stereocenters. The molecule has 0 saturated carbocycles. The quantitative estimate of drug-likeness (QED) is 0.694. The molecule has 2 rings (SSSR count). The Morgan fingerprint density at radius 1 is 1.00 bits per heavy atom. The van der Waals surface area contributed by atoms with Crippen LogP contribution in [0.5, 0.6) is 5.75 Å². The normalized spacial score (nSPS) is 13.0. The predicted octanol–water partition coefficient (Wildman–Crippen LogP) is 3.72. The van der Waals surface area contributed by atoms with Crippen molar-refractivity contribution in [1.29, 1.82) is 0 Å². The number of ether oxygens (including phenoxy) is 1. The summed E-state index contributed by atoms with van der Waals surface area (Å²) in [7, 11) is -4.61. The van der Waals surface area contributed by atoms with E-state index in [9.17, 15) is 27.5 Å². The molecule has 0 aromatic heterocycles. The van der Waals surface area contributed by atoms with Crippen LogP contribution in [0.1, 0.15) is 11.3 Å². The van der Waals surface area contributed by atoms with Gasteiger partial charge in [0.2, 0.25) is 0 Å². The van der Waals surface area contributed by atoms with Crippen LogP contribution in [0.4, 0.5) is 18.9 Å². The second-order valence-corrected chi connectivity index (χ2v) is 6.28. The number of benzene rings is 2. The molecule has 0 aliphatic rings. The molecule has 9 heteroatoms. The Morgan fingerprint density at radius 2 is 1.57 bits per heavy atom. The number of halogens is 3. The van der Waals surface area contributed by atoms with Crippen LogP contribution in [0.25, 0.3) is 0 Å². The van der Waals surface area contributed by atoms with Gasteiger partial charge in [0.1, 0.15) is 11.6 Å². The van der Waals surface area contributed by atoms with Gasteiger partial charge in [-0.15, -0.1) is 0 Å². The predicted molar refractivity (Wildman–Crippen MR) is 77.9 cm³/mol. The van der Waals surface area contributed by atoms with Gasteiger partial charge in [0.25, 0.3) is 0 Å². The van der Waals surface area contributed by atoms with Crippen molar-refractivity contribution in [3.63, 3.8) is 0 Å². The third-order valence-corrected chi connectivity index (χ3v) is 4.00. The van der Waals surface area contributed by atoms with Crippen LogP contribution in [0, 0.1) is 5.82 Å². The number of alkyl halides is 2. The molecule has 0 spiro atoms. The molecule has 124 valence electrons. The van der Waals surface area contributed by atoms with E-state index >= 15 is 0 Å². The smallest absolute Gasteiger partial charge is 0.387 e. The lowest BCUT2D eigenvalue weighted by molar-refractivity contribution is -0.0498. The third kappa shape index (κ3) is 4.99. The molecular weight excluding hydrogens is 334 g/mol. The van der Waals surface area contributed by atoms with E-state index in [1.807, 2.05) is 0 Å². The lowest BCUT2D eigenvalue weighted by Gasteiger charge is -2.21. The van der Waals surface area contributed by atoms with Crippen LogP contribution in [-0.4, -0.2) is 16.4 Å². The van der Waals surface area contributed by atoms with Crippen molar-refractivity contribution in [2.75, 3.05) is 5.32 Å². The highest BCUT2D eigenvalue weighted by atomic mass is 31.2. The van der Waals surface area contributed by atoms with Gasteiger partial charge < -0.3 is 19.8 Å². The van der Waals surface area contributed by atoms with Crippen LogP contribution < -0.4 is 10.1 Å². The molecule has 0 heterocycles. The van der Waals surface area contributed by atoms with E-state index < -0.39 is 25.8 Å². The van der Waals surface area contributed by atoms with E-state index in [4.69, 9.17) is 0 Å². The van der Waals surface area contributed by atoms with Crippen LogP contribution in [-0.2, 0) is 4.57 Å². The van der Waals surface area contributed by atoms with Crippen LogP contribution in [0.2, 0.25) is 0 Å². The maximum absolute atomic E-state index is 12.9. The second kappa shape index (κ2) is 7.04. The van der Waals surface area contributed by atoms with Gasteiger partial charge in [-0.2, -0.15) is 8.78 Å². The molecule has 0 aliphatic heterocycles. The zero-order valence-electron chi connectivity index (χ0n) is 11.6. The molecule has 0 radical (unpaired) electrons. The molecule has 2 aromatic rings. The summed E-state index contributed by atoms with van der Waals surface area (Å²) >= 11 is 0. The van der Waals surface area contributed by atoms with Gasteiger partial charge in [0.15, 0.2) is 5.78 Å². The summed E-state index contributed by atoms with van der Waals surface area (Å²) in [5.41, 5.74) is 0.469. The lowest BCUT2D eigenvalue weighted by atomic mass is 10.2. The van der Waals surface area contributed by atoms with Gasteiger partial charge in [-0.1, -0.05) is 12.1 Å². The van der Waals surface area contributed by atoms with Gasteiger partial charge >= 0.3 is 14.2 Å². The van der Waals surface area contributed by atoms with Gasteiger partial charge in [0.05, 0.1) is 0 Å². The topological polar surface area (TPSA) is 78.8 Å². The van der Waals surface area contributed by atoms with Gasteiger partial charge in [-0.3, -0.25) is 4.57 Å². The van der Waals surface area contributed by atoms with Crippen molar-refractivity contribution in [1.82, 2.24) is 0 Å². The molecule has 0 amide bonds. The molecule has 5 nitrogen and oxygen atoms in total. The number of rotatable bonds is 6. The van der Waals surface area contributed by atoms with Crippen molar-refractivity contribution in [2.45, 2.75) is 12.4 Å². The zero-order valence-corrected chi connectivity index (χ0v) is 12.5. The van der Waals surface area contributed by atoms with Crippen LogP contribution in [0.15, 0.2) is 48.5 Å². The first-order valence-electron chi connectivity index (χ1n) is 6.38. The summed E-state index contributed by atoms with van der Waals surface area (Å²) in [6.45, 7) is -2.99. The van der Waals surface area contributed by atoms with E-state index in [0.717, 1.165) is 12.1 Å². The SMILES string of the molecule is O=P(O)(O)[C@H](Nc1ccc(F)cc1)c1ccc(OC(F)F)cc1. The largest absolute Gasteiger partial charge is 0.435 e. The van der Waals surface area contributed by atoms with Crippen LogP contribution >= 0.6 is 7.60 Å². The summed E-state index contributed by atoms with van der Waals surface area (Å²) in [4.78, 5) is 19.0. The molecular formula is C14H13F3NO4P. The fourth-order valence-electron chi connectivity index (χ4n) is 1.90. The zero-order chi connectivity index (χ0) is 17.0. The fraction of sp³-hybridized carbons (Fsp3) is 0.143. The summed E-state index contributed by atoms with van der Waals surface area (Å²) in [6.07, 6.45) is 0. The van der Waals surface area contributed by atoms with Crippen molar-refractivity contribution < 1.29 is 32.3 Å². The Bertz CT molecular complexity index is 688. The van der Waals surface area contributed by atoms with Gasteiger partial charge in [-0.25, -0.2) is 4.39 Å². The highest BCUT2D eigenvalue weighted by Crippen LogP contribution is 2.51. The minimum atomic E-state index is -4.61. The summed E-state index contributed by atoms with van der Waals surface area (Å²) in [6, 6.07) is 9.80. The van der Waals surface area contributed by atoms with Crippen molar-refractivity contribution in [3.05, 3.63) is 59.9 Å². The fourth-order valence-corrected chi connectivity index (χ4v) is 2.77. The lowest BCUT2D eigenvalue weighted by Crippen LogP contribution is -2.11. The van der Waals surface area contributed by atoms with Crippen molar-refractivity contribution >= 4 is 13.3 Å². The monoisotopic (exact) mass is 347 g/mol. The summed E-state index contributed by atoms with van der Waals surface area (Å²) < 4.78 is 52.9. The molecule has 3 N–H and O–H groups in total. The number of hydrogen-bond acceptors (Lipinski definition) is 3.